The first-order chi connectivity index (χ1) is 9.00. The van der Waals surface area contributed by atoms with Gasteiger partial charge in [-0.2, -0.15) is 0 Å². The van der Waals surface area contributed by atoms with Crippen LogP contribution in [-0.4, -0.2) is 10.2 Å². The number of nitrogens with zero attached hydrogens (tertiary/aromatic N) is 2. The van der Waals surface area contributed by atoms with Crippen molar-refractivity contribution in [2.45, 2.75) is 0 Å². The molecule has 2 nitrogen and oxygen atoms in total. The number of hydrogen-bond acceptors (Lipinski definition) is 2. The molecule has 19 heavy (non-hydrogen) atoms. The SMILES string of the molecule is Fc1c(N=C(Cl)c2c(Cl)cccc2Br)ccnc1Cl. The molecule has 1 aromatic carbocycles. The zero-order chi connectivity index (χ0) is 14.0. The van der Waals surface area contributed by atoms with Gasteiger partial charge in [-0.1, -0.05) is 56.8 Å². The van der Waals surface area contributed by atoms with E-state index in [2.05, 4.69) is 25.9 Å². The van der Waals surface area contributed by atoms with Crippen LogP contribution in [0.5, 0.6) is 0 Å². The number of rotatable bonds is 2. The molecule has 7 heteroatoms. The Morgan fingerprint density at radius 1 is 1.26 bits per heavy atom. The maximum atomic E-state index is 13.7. The number of aliphatic imine (C=N–C) groups is 1. The van der Waals surface area contributed by atoms with Crippen molar-refractivity contribution in [3.8, 4) is 0 Å². The van der Waals surface area contributed by atoms with Crippen LogP contribution >= 0.6 is 50.7 Å². The third-order valence-corrected chi connectivity index (χ3v) is 3.73. The van der Waals surface area contributed by atoms with Gasteiger partial charge >= 0.3 is 0 Å². The van der Waals surface area contributed by atoms with E-state index in [0.29, 0.717) is 15.1 Å². The zero-order valence-electron chi connectivity index (χ0n) is 9.17. The number of benzene rings is 1. The minimum absolute atomic E-state index is 0.00294. The van der Waals surface area contributed by atoms with Crippen LogP contribution in [0.2, 0.25) is 10.2 Å². The molecule has 0 radical (unpaired) electrons. The molecule has 0 aliphatic heterocycles. The predicted octanol–water partition coefficient (Wildman–Crippen LogP) is 5.61. The summed E-state index contributed by atoms with van der Waals surface area (Å²) in [6.07, 6.45) is 1.34. The summed E-state index contributed by atoms with van der Waals surface area (Å²) in [5.74, 6) is -0.731. The van der Waals surface area contributed by atoms with Gasteiger partial charge in [-0.15, -0.1) is 0 Å². The summed E-state index contributed by atoms with van der Waals surface area (Å²) < 4.78 is 14.3. The van der Waals surface area contributed by atoms with Gasteiger partial charge in [-0.05, 0) is 18.2 Å². The van der Waals surface area contributed by atoms with Crippen LogP contribution in [0.1, 0.15) is 5.56 Å². The van der Waals surface area contributed by atoms with Crippen LogP contribution in [-0.2, 0) is 0 Å². The number of halogens is 5. The van der Waals surface area contributed by atoms with Gasteiger partial charge in [0.05, 0.1) is 5.02 Å². The smallest absolute Gasteiger partial charge is 0.186 e. The van der Waals surface area contributed by atoms with E-state index >= 15 is 0 Å². The molecule has 1 aromatic heterocycles. The van der Waals surface area contributed by atoms with Crippen LogP contribution in [0.25, 0.3) is 0 Å². The normalized spacial score (nSPS) is 11.7. The lowest BCUT2D eigenvalue weighted by molar-refractivity contribution is 0.624. The average molecular weight is 382 g/mol. The first-order valence-electron chi connectivity index (χ1n) is 4.99. The molecule has 0 fully saturated rings. The summed E-state index contributed by atoms with van der Waals surface area (Å²) in [6, 6.07) is 6.54. The lowest BCUT2D eigenvalue weighted by Crippen LogP contribution is -1.95. The second kappa shape index (κ2) is 6.18. The molecule has 98 valence electrons. The summed E-state index contributed by atoms with van der Waals surface area (Å²) in [7, 11) is 0. The Kier molecular flexibility index (Phi) is 4.79. The number of pyridine rings is 1. The maximum absolute atomic E-state index is 13.7. The van der Waals surface area contributed by atoms with Gasteiger partial charge in [-0.3, -0.25) is 0 Å². The largest absolute Gasteiger partial charge is 0.241 e. The summed E-state index contributed by atoms with van der Waals surface area (Å²) in [4.78, 5) is 7.58. The summed E-state index contributed by atoms with van der Waals surface area (Å²) in [5, 5.41) is 0.200. The Bertz CT molecular complexity index is 641. The molecule has 0 unspecified atom stereocenters. The second-order valence-corrected chi connectivity index (χ2v) is 5.41. The Hall–Kier alpha value is -0.680. The topological polar surface area (TPSA) is 25.2 Å². The Morgan fingerprint density at radius 3 is 2.68 bits per heavy atom. The monoisotopic (exact) mass is 380 g/mol. The Morgan fingerprint density at radius 2 is 2.00 bits per heavy atom. The van der Waals surface area contributed by atoms with E-state index in [4.69, 9.17) is 34.8 Å². The highest BCUT2D eigenvalue weighted by Gasteiger charge is 2.12. The number of hydrogen-bond donors (Lipinski definition) is 0. The van der Waals surface area contributed by atoms with Gasteiger partial charge < -0.3 is 0 Å². The third-order valence-electron chi connectivity index (χ3n) is 2.21. The van der Waals surface area contributed by atoms with Crippen LogP contribution in [0.15, 0.2) is 39.9 Å². The van der Waals surface area contributed by atoms with E-state index in [-0.39, 0.29) is 16.0 Å². The van der Waals surface area contributed by atoms with Gasteiger partial charge in [0.2, 0.25) is 0 Å². The molecule has 0 amide bonds. The average Bonchev–Trinajstić information content (AvgIpc) is 2.35. The van der Waals surface area contributed by atoms with Crippen LogP contribution in [0, 0.1) is 5.82 Å². The van der Waals surface area contributed by atoms with Crippen LogP contribution in [0.3, 0.4) is 0 Å². The Labute approximate surface area is 132 Å². The first-order valence-corrected chi connectivity index (χ1v) is 6.92. The highest BCUT2D eigenvalue weighted by molar-refractivity contribution is 9.10. The van der Waals surface area contributed by atoms with Crippen molar-refractivity contribution in [3.63, 3.8) is 0 Å². The molecule has 2 aromatic rings. The van der Waals surface area contributed by atoms with Crippen molar-refractivity contribution in [3.05, 3.63) is 56.5 Å². The minimum atomic E-state index is -0.731. The van der Waals surface area contributed by atoms with E-state index in [1.54, 1.807) is 18.2 Å². The van der Waals surface area contributed by atoms with Crippen molar-refractivity contribution < 1.29 is 4.39 Å². The third kappa shape index (κ3) is 3.26. The fraction of sp³-hybridized carbons (Fsp3) is 0. The zero-order valence-corrected chi connectivity index (χ0v) is 13.0. The minimum Gasteiger partial charge on any atom is -0.241 e. The molecule has 0 saturated carbocycles. The fourth-order valence-electron chi connectivity index (χ4n) is 1.35. The van der Waals surface area contributed by atoms with Gasteiger partial charge in [-0.25, -0.2) is 14.4 Å². The van der Waals surface area contributed by atoms with E-state index < -0.39 is 5.82 Å². The standard InChI is InChI=1S/C12H5BrCl3FN2/c13-6-2-1-3-7(14)9(6)11(15)19-8-4-5-18-12(16)10(8)17/h1-5H. The molecule has 0 aliphatic rings. The van der Waals surface area contributed by atoms with Crippen molar-refractivity contribution in [1.29, 1.82) is 0 Å². The maximum Gasteiger partial charge on any atom is 0.186 e. The van der Waals surface area contributed by atoms with Crippen LogP contribution in [0.4, 0.5) is 10.1 Å². The molecule has 0 aliphatic carbocycles. The van der Waals surface area contributed by atoms with Gasteiger partial charge in [0, 0.05) is 16.2 Å². The molecule has 0 saturated heterocycles. The highest BCUT2D eigenvalue weighted by Crippen LogP contribution is 2.29. The lowest BCUT2D eigenvalue weighted by atomic mass is 10.2. The number of aromatic nitrogens is 1. The van der Waals surface area contributed by atoms with Crippen molar-refractivity contribution in [2.75, 3.05) is 0 Å². The second-order valence-electron chi connectivity index (χ2n) is 3.43. The van der Waals surface area contributed by atoms with E-state index in [9.17, 15) is 4.39 Å². The van der Waals surface area contributed by atoms with E-state index in [1.165, 1.54) is 12.3 Å². The first kappa shape index (κ1) is 14.7. The lowest BCUT2D eigenvalue weighted by Gasteiger charge is -2.05. The molecule has 0 bridgehead atoms. The van der Waals surface area contributed by atoms with Crippen molar-refractivity contribution in [2.24, 2.45) is 4.99 Å². The van der Waals surface area contributed by atoms with Gasteiger partial charge in [0.1, 0.15) is 10.9 Å². The molecular formula is C12H5BrCl3FN2. The quantitative estimate of drug-likeness (QED) is 0.490. The molecule has 2 rings (SSSR count). The van der Waals surface area contributed by atoms with Crippen molar-refractivity contribution >= 4 is 61.6 Å². The van der Waals surface area contributed by atoms with Crippen LogP contribution < -0.4 is 0 Å². The highest BCUT2D eigenvalue weighted by atomic mass is 79.9. The van der Waals surface area contributed by atoms with Gasteiger partial charge in [0.25, 0.3) is 0 Å². The molecule has 0 spiro atoms. The van der Waals surface area contributed by atoms with Gasteiger partial charge in [0.15, 0.2) is 11.0 Å². The molecule has 0 atom stereocenters. The summed E-state index contributed by atoms with van der Waals surface area (Å²) in [5.41, 5.74) is 0.481. The Balaban J connectivity index is 2.52. The molecular weight excluding hydrogens is 377 g/mol. The van der Waals surface area contributed by atoms with E-state index in [0.717, 1.165) is 0 Å². The summed E-state index contributed by atoms with van der Waals surface area (Å²) in [6.45, 7) is 0. The van der Waals surface area contributed by atoms with Crippen molar-refractivity contribution in [1.82, 2.24) is 4.98 Å². The summed E-state index contributed by atoms with van der Waals surface area (Å²) >= 11 is 21.0. The fourth-order valence-corrected chi connectivity index (χ4v) is 2.89. The van der Waals surface area contributed by atoms with E-state index in [1.807, 2.05) is 0 Å². The predicted molar refractivity (Wildman–Crippen MR) is 80.4 cm³/mol. The molecule has 1 heterocycles. The molecule has 0 N–H and O–H groups in total.